The summed E-state index contributed by atoms with van der Waals surface area (Å²) in [6.45, 7) is 0. The Morgan fingerprint density at radius 1 is 1.55 bits per heavy atom. The van der Waals surface area contributed by atoms with E-state index >= 15 is 0 Å². The Kier molecular flexibility index (Phi) is 1.66. The Morgan fingerprint density at radius 3 is 2.27 bits per heavy atom. The molecule has 1 saturated heterocycles. The van der Waals surface area contributed by atoms with Crippen LogP contribution in [0, 0.1) is 0 Å². The molecule has 1 rings (SSSR count). The molecule has 0 saturated carbocycles. The predicted molar refractivity (Wildman–Crippen MR) is 34.7 cm³/mol. The van der Waals surface area contributed by atoms with E-state index in [1.54, 1.807) is 0 Å². The van der Waals surface area contributed by atoms with Crippen LogP contribution in [0.15, 0.2) is 0 Å². The molecule has 6 heteroatoms. The molecule has 4 nitrogen and oxygen atoms in total. The molecule has 0 aliphatic carbocycles. The summed E-state index contributed by atoms with van der Waals surface area (Å²) in [5.41, 5.74) is -2.54. The van der Waals surface area contributed by atoms with Gasteiger partial charge in [0, 0.05) is 6.42 Å². The maximum Gasteiger partial charge on any atom is 0.342 e. The van der Waals surface area contributed by atoms with Gasteiger partial charge in [0.25, 0.3) is 0 Å². The highest BCUT2D eigenvalue weighted by Gasteiger charge is 2.49. The molecule has 11 heavy (non-hydrogen) atoms. The van der Waals surface area contributed by atoms with Crippen LogP contribution in [-0.4, -0.2) is 36.7 Å². The van der Waals surface area contributed by atoms with E-state index in [-0.39, 0.29) is 5.75 Å². The van der Waals surface area contributed by atoms with E-state index in [1.807, 2.05) is 0 Å². The monoisotopic (exact) mass is 182 g/mol. The molecule has 1 aliphatic heterocycles. The molecule has 1 fully saturated rings. The number of carboxylic acid groups (broad SMARTS) is 1. The molecule has 1 N–H and O–H groups in total. The van der Waals surface area contributed by atoms with Crippen LogP contribution in [-0.2, 0) is 14.6 Å². The summed E-state index contributed by atoms with van der Waals surface area (Å²) in [5.74, 6) is -2.93. The fourth-order valence-electron chi connectivity index (χ4n) is 0.979. The van der Waals surface area contributed by atoms with Gasteiger partial charge in [0.15, 0.2) is 9.84 Å². The summed E-state index contributed by atoms with van der Waals surface area (Å²) < 4.78 is 34.2. The molecular formula is C5H7FO4S. The van der Waals surface area contributed by atoms with Gasteiger partial charge in [-0.25, -0.2) is 17.6 Å². The minimum Gasteiger partial charge on any atom is -0.479 e. The van der Waals surface area contributed by atoms with Crippen LogP contribution in [0.25, 0.3) is 0 Å². The van der Waals surface area contributed by atoms with Crippen LogP contribution in [0.1, 0.15) is 6.42 Å². The number of sulfone groups is 1. The number of carboxylic acids is 1. The van der Waals surface area contributed by atoms with Crippen molar-refractivity contribution in [1.29, 1.82) is 0 Å². The lowest BCUT2D eigenvalue weighted by molar-refractivity contribution is -0.149. The fraction of sp³-hybridized carbons (Fsp3) is 0.800. The van der Waals surface area contributed by atoms with Crippen LogP contribution in [0.5, 0.6) is 0 Å². The molecular weight excluding hydrogens is 175 g/mol. The Bertz CT molecular complexity index is 283. The van der Waals surface area contributed by atoms with E-state index in [4.69, 9.17) is 5.11 Å². The van der Waals surface area contributed by atoms with Crippen molar-refractivity contribution >= 4 is 15.8 Å². The summed E-state index contributed by atoms with van der Waals surface area (Å²) in [6.07, 6.45) is -0.426. The summed E-state index contributed by atoms with van der Waals surface area (Å²) in [7, 11) is -3.45. The molecule has 0 spiro atoms. The minimum absolute atomic E-state index is 0.365. The number of halogens is 1. The smallest absolute Gasteiger partial charge is 0.342 e. The quantitative estimate of drug-likeness (QED) is 0.598. The minimum atomic E-state index is -3.45. The Labute approximate surface area is 62.9 Å². The van der Waals surface area contributed by atoms with Gasteiger partial charge in [0.05, 0.1) is 11.5 Å². The molecule has 1 aliphatic rings. The van der Waals surface area contributed by atoms with Gasteiger partial charge < -0.3 is 5.11 Å². The van der Waals surface area contributed by atoms with E-state index in [0.29, 0.717) is 0 Å². The van der Waals surface area contributed by atoms with Crippen molar-refractivity contribution in [1.82, 2.24) is 0 Å². The van der Waals surface area contributed by atoms with Gasteiger partial charge in [0.1, 0.15) is 0 Å². The lowest BCUT2D eigenvalue weighted by atomic mass is 10.1. The Hall–Kier alpha value is -0.650. The van der Waals surface area contributed by atoms with Crippen LogP contribution in [0.3, 0.4) is 0 Å². The Balaban J connectivity index is 2.90. The van der Waals surface area contributed by atoms with Crippen molar-refractivity contribution in [2.75, 3.05) is 11.5 Å². The van der Waals surface area contributed by atoms with Crippen LogP contribution >= 0.6 is 0 Å². The topological polar surface area (TPSA) is 71.4 Å². The maximum atomic E-state index is 13.0. The third-order valence-corrected chi connectivity index (χ3v) is 3.36. The average Bonchev–Trinajstić information content (AvgIpc) is 2.08. The van der Waals surface area contributed by atoms with Crippen molar-refractivity contribution in [3.05, 3.63) is 0 Å². The first-order chi connectivity index (χ1) is 4.86. The van der Waals surface area contributed by atoms with Crippen molar-refractivity contribution in [2.24, 2.45) is 0 Å². The molecule has 1 heterocycles. The SMILES string of the molecule is O=C(O)[C@@]1(F)CCS(=O)(=O)C1. The number of hydrogen-bond donors (Lipinski definition) is 1. The number of alkyl halides is 1. The first kappa shape index (κ1) is 8.45. The number of carbonyl (C=O) groups is 1. The number of rotatable bonds is 1. The molecule has 0 bridgehead atoms. The normalized spacial score (nSPS) is 35.4. The van der Waals surface area contributed by atoms with Crippen molar-refractivity contribution in [2.45, 2.75) is 12.1 Å². The molecule has 0 aromatic rings. The van der Waals surface area contributed by atoms with Gasteiger partial charge in [-0.05, 0) is 0 Å². The Morgan fingerprint density at radius 2 is 2.09 bits per heavy atom. The van der Waals surface area contributed by atoms with Gasteiger partial charge in [0.2, 0.25) is 5.67 Å². The number of aliphatic carboxylic acids is 1. The van der Waals surface area contributed by atoms with Crippen molar-refractivity contribution in [3.8, 4) is 0 Å². The lowest BCUT2D eigenvalue weighted by Crippen LogP contribution is -2.34. The second-order valence-electron chi connectivity index (χ2n) is 2.61. The zero-order chi connectivity index (χ0) is 8.70. The predicted octanol–water partition coefficient (Wildman–Crippen LogP) is -0.402. The van der Waals surface area contributed by atoms with Gasteiger partial charge >= 0.3 is 5.97 Å². The van der Waals surface area contributed by atoms with E-state index in [1.165, 1.54) is 0 Å². The third-order valence-electron chi connectivity index (χ3n) is 1.64. The van der Waals surface area contributed by atoms with Gasteiger partial charge in [-0.15, -0.1) is 0 Å². The molecule has 0 aromatic carbocycles. The fourth-order valence-corrected chi connectivity index (χ4v) is 2.72. The largest absolute Gasteiger partial charge is 0.479 e. The summed E-state index contributed by atoms with van der Waals surface area (Å²) in [5, 5.41) is 8.27. The summed E-state index contributed by atoms with van der Waals surface area (Å²) >= 11 is 0. The van der Waals surface area contributed by atoms with E-state index in [0.717, 1.165) is 0 Å². The van der Waals surface area contributed by atoms with E-state index in [2.05, 4.69) is 0 Å². The van der Waals surface area contributed by atoms with E-state index in [9.17, 15) is 17.6 Å². The maximum absolute atomic E-state index is 13.0. The van der Waals surface area contributed by atoms with Gasteiger partial charge in [-0.1, -0.05) is 0 Å². The van der Waals surface area contributed by atoms with Crippen LogP contribution < -0.4 is 0 Å². The summed E-state index contributed by atoms with van der Waals surface area (Å²) in [6, 6.07) is 0. The molecule has 0 amide bonds. The standard InChI is InChI=1S/C5H7FO4S/c6-5(4(7)8)1-2-11(9,10)3-5/h1-3H2,(H,7,8)/t5-/m1/s1. The second kappa shape index (κ2) is 2.17. The first-order valence-electron chi connectivity index (χ1n) is 2.98. The van der Waals surface area contributed by atoms with Crippen molar-refractivity contribution in [3.63, 3.8) is 0 Å². The average molecular weight is 182 g/mol. The molecule has 1 atom stereocenters. The molecule has 0 unspecified atom stereocenters. The third kappa shape index (κ3) is 1.50. The highest BCUT2D eigenvalue weighted by Crippen LogP contribution is 2.27. The lowest BCUT2D eigenvalue weighted by Gasteiger charge is -2.09. The molecule has 64 valence electrons. The van der Waals surface area contributed by atoms with Crippen LogP contribution in [0.4, 0.5) is 4.39 Å². The highest BCUT2D eigenvalue weighted by molar-refractivity contribution is 7.91. The summed E-state index contributed by atoms with van der Waals surface area (Å²) in [4.78, 5) is 10.2. The molecule has 0 aromatic heterocycles. The first-order valence-corrected chi connectivity index (χ1v) is 4.81. The van der Waals surface area contributed by atoms with Crippen molar-refractivity contribution < 1.29 is 22.7 Å². The van der Waals surface area contributed by atoms with Crippen LogP contribution in [0.2, 0.25) is 0 Å². The zero-order valence-corrected chi connectivity index (χ0v) is 6.40. The van der Waals surface area contributed by atoms with E-state index < -0.39 is 33.6 Å². The highest BCUT2D eigenvalue weighted by atomic mass is 32.2. The second-order valence-corrected chi connectivity index (χ2v) is 4.80. The number of hydrogen-bond acceptors (Lipinski definition) is 3. The van der Waals surface area contributed by atoms with Gasteiger partial charge in [-0.3, -0.25) is 0 Å². The molecule has 0 radical (unpaired) electrons. The van der Waals surface area contributed by atoms with Gasteiger partial charge in [-0.2, -0.15) is 0 Å². The zero-order valence-electron chi connectivity index (χ0n) is 5.58.